The van der Waals surface area contributed by atoms with Crippen LogP contribution < -0.4 is 15.5 Å². The van der Waals surface area contributed by atoms with E-state index in [0.717, 1.165) is 30.5 Å². The summed E-state index contributed by atoms with van der Waals surface area (Å²) in [5.41, 5.74) is 2.23. The summed E-state index contributed by atoms with van der Waals surface area (Å²) in [6, 6.07) is 12.0. The van der Waals surface area contributed by atoms with Crippen LogP contribution in [0.5, 0.6) is 0 Å². The number of nitrogens with one attached hydrogen (secondary N) is 2. The summed E-state index contributed by atoms with van der Waals surface area (Å²) in [4.78, 5) is 11.2. The van der Waals surface area contributed by atoms with Crippen molar-refractivity contribution in [2.24, 2.45) is 5.92 Å². The fourth-order valence-corrected chi connectivity index (χ4v) is 3.20. The van der Waals surface area contributed by atoms with Crippen molar-refractivity contribution in [1.29, 1.82) is 0 Å². The largest absolute Gasteiger partial charge is 0.372 e. The zero-order chi connectivity index (χ0) is 18.6. The summed E-state index contributed by atoms with van der Waals surface area (Å²) in [6.07, 6.45) is 4.23. The minimum atomic E-state index is 0.528. The highest BCUT2D eigenvalue weighted by Gasteiger charge is 2.15. The average Bonchev–Trinajstić information content (AvgIpc) is 3.08. The van der Waals surface area contributed by atoms with Crippen molar-refractivity contribution in [2.45, 2.75) is 26.7 Å². The second-order valence-corrected chi connectivity index (χ2v) is 7.05. The molecule has 2 aromatic heterocycles. The molecule has 0 atom stereocenters. The monoisotopic (exact) mass is 364 g/mol. The Kier molecular flexibility index (Phi) is 4.91. The van der Waals surface area contributed by atoms with Gasteiger partial charge in [0, 0.05) is 36.7 Å². The number of hydrogen-bond acceptors (Lipinski definition) is 7. The molecule has 4 rings (SSSR count). The minimum Gasteiger partial charge on any atom is -0.372 e. The van der Waals surface area contributed by atoms with Gasteiger partial charge in [0.15, 0.2) is 5.82 Å². The van der Waals surface area contributed by atoms with Gasteiger partial charge < -0.3 is 20.1 Å². The van der Waals surface area contributed by atoms with E-state index in [2.05, 4.69) is 61.8 Å². The van der Waals surface area contributed by atoms with E-state index < -0.39 is 0 Å². The van der Waals surface area contributed by atoms with Gasteiger partial charge in [-0.05, 0) is 56.0 Å². The molecular weight excluding hydrogens is 340 g/mol. The summed E-state index contributed by atoms with van der Waals surface area (Å²) in [6.45, 7) is 6.44. The third kappa shape index (κ3) is 4.36. The van der Waals surface area contributed by atoms with E-state index in [1.54, 1.807) is 12.3 Å². The maximum atomic E-state index is 5.05. The molecule has 7 heteroatoms. The first kappa shape index (κ1) is 17.3. The van der Waals surface area contributed by atoms with Crippen LogP contribution in [0.4, 0.5) is 29.0 Å². The van der Waals surface area contributed by atoms with Crippen molar-refractivity contribution in [3.63, 3.8) is 0 Å². The summed E-state index contributed by atoms with van der Waals surface area (Å²) in [7, 11) is 0. The van der Waals surface area contributed by atoms with E-state index in [1.165, 1.54) is 18.5 Å². The Balaban J connectivity index is 1.41. The van der Waals surface area contributed by atoms with E-state index in [1.807, 2.05) is 13.0 Å². The lowest BCUT2D eigenvalue weighted by Gasteiger charge is -2.32. The average molecular weight is 364 g/mol. The Morgan fingerprint density at radius 1 is 1.04 bits per heavy atom. The van der Waals surface area contributed by atoms with Crippen molar-refractivity contribution < 1.29 is 4.52 Å². The molecule has 3 aromatic rings. The highest BCUT2D eigenvalue weighted by Crippen LogP contribution is 2.25. The molecule has 1 saturated heterocycles. The summed E-state index contributed by atoms with van der Waals surface area (Å²) >= 11 is 0. The van der Waals surface area contributed by atoms with Crippen molar-refractivity contribution in [3.05, 3.63) is 48.4 Å². The molecule has 0 spiro atoms. The predicted molar refractivity (Wildman–Crippen MR) is 107 cm³/mol. The molecule has 0 bridgehead atoms. The van der Waals surface area contributed by atoms with Crippen LogP contribution in [0.25, 0.3) is 0 Å². The van der Waals surface area contributed by atoms with Gasteiger partial charge in [0.1, 0.15) is 11.6 Å². The van der Waals surface area contributed by atoms with E-state index in [9.17, 15) is 0 Å². The zero-order valence-electron chi connectivity index (χ0n) is 15.6. The van der Waals surface area contributed by atoms with Crippen molar-refractivity contribution in [1.82, 2.24) is 15.1 Å². The molecule has 1 fully saturated rings. The molecule has 7 nitrogen and oxygen atoms in total. The quantitative estimate of drug-likeness (QED) is 0.690. The van der Waals surface area contributed by atoms with Gasteiger partial charge in [0.25, 0.3) is 0 Å². The lowest BCUT2D eigenvalue weighted by molar-refractivity contribution is 0.400. The maximum Gasteiger partial charge on any atom is 0.229 e. The normalized spacial score (nSPS) is 15.0. The van der Waals surface area contributed by atoms with E-state index >= 15 is 0 Å². The molecular formula is C20H24N6O. The van der Waals surface area contributed by atoms with Gasteiger partial charge in [-0.15, -0.1) is 0 Å². The van der Waals surface area contributed by atoms with E-state index in [4.69, 9.17) is 4.52 Å². The first-order valence-electron chi connectivity index (χ1n) is 9.31. The molecule has 0 amide bonds. The highest BCUT2D eigenvalue weighted by atomic mass is 16.5. The van der Waals surface area contributed by atoms with Crippen molar-refractivity contribution >= 4 is 29.0 Å². The Hall–Kier alpha value is -3.09. The summed E-state index contributed by atoms with van der Waals surface area (Å²) in [5, 5.41) is 10.3. The minimum absolute atomic E-state index is 0.528. The van der Waals surface area contributed by atoms with Crippen LogP contribution in [0.3, 0.4) is 0 Å². The first-order valence-corrected chi connectivity index (χ1v) is 9.31. The number of aryl methyl sites for hydroxylation is 1. The van der Waals surface area contributed by atoms with Crippen LogP contribution in [0.2, 0.25) is 0 Å². The van der Waals surface area contributed by atoms with Crippen molar-refractivity contribution in [3.8, 4) is 0 Å². The van der Waals surface area contributed by atoms with Gasteiger partial charge in [-0.1, -0.05) is 12.1 Å². The molecule has 0 radical (unpaired) electrons. The van der Waals surface area contributed by atoms with Crippen LogP contribution in [0.1, 0.15) is 25.5 Å². The van der Waals surface area contributed by atoms with E-state index in [0.29, 0.717) is 17.6 Å². The standard InChI is InChI=1S/C20H24N6O/c1-14-8-11-26(12-9-14)17-5-3-16(4-6-17)22-20-21-10-7-18(24-20)23-19-13-15(2)27-25-19/h3-7,10,13-14H,8-9,11-12H2,1-2H3,(H2,21,22,23,24,25). The second kappa shape index (κ2) is 7.65. The van der Waals surface area contributed by atoms with Crippen molar-refractivity contribution in [2.75, 3.05) is 28.6 Å². The lowest BCUT2D eigenvalue weighted by Crippen LogP contribution is -2.32. The van der Waals surface area contributed by atoms with Gasteiger partial charge in [0.2, 0.25) is 5.95 Å². The Morgan fingerprint density at radius 2 is 1.81 bits per heavy atom. The third-order valence-corrected chi connectivity index (χ3v) is 4.81. The molecule has 1 aliphatic heterocycles. The Labute approximate surface area is 158 Å². The third-order valence-electron chi connectivity index (χ3n) is 4.81. The fraction of sp³-hybridized carbons (Fsp3) is 0.350. The lowest BCUT2D eigenvalue weighted by atomic mass is 9.99. The Morgan fingerprint density at radius 3 is 2.52 bits per heavy atom. The molecule has 0 saturated carbocycles. The number of anilines is 5. The van der Waals surface area contributed by atoms with E-state index in [-0.39, 0.29) is 0 Å². The molecule has 2 N–H and O–H groups in total. The summed E-state index contributed by atoms with van der Waals surface area (Å²) < 4.78 is 5.05. The molecule has 140 valence electrons. The first-order chi connectivity index (χ1) is 13.2. The van der Waals surface area contributed by atoms with Gasteiger partial charge in [-0.2, -0.15) is 4.98 Å². The second-order valence-electron chi connectivity index (χ2n) is 7.05. The van der Waals surface area contributed by atoms with Crippen LogP contribution >= 0.6 is 0 Å². The molecule has 0 aliphatic carbocycles. The fourth-order valence-electron chi connectivity index (χ4n) is 3.20. The Bertz CT molecular complexity index is 883. The smallest absolute Gasteiger partial charge is 0.229 e. The van der Waals surface area contributed by atoms with Crippen LogP contribution in [-0.2, 0) is 0 Å². The topological polar surface area (TPSA) is 79.1 Å². The number of benzene rings is 1. The molecule has 1 aromatic carbocycles. The molecule has 3 heterocycles. The van der Waals surface area contributed by atoms with Gasteiger partial charge >= 0.3 is 0 Å². The number of rotatable bonds is 5. The molecule has 0 unspecified atom stereocenters. The van der Waals surface area contributed by atoms with Gasteiger partial charge in [-0.25, -0.2) is 4.98 Å². The zero-order valence-corrected chi connectivity index (χ0v) is 15.6. The van der Waals surface area contributed by atoms with Crippen LogP contribution in [0.15, 0.2) is 47.1 Å². The van der Waals surface area contributed by atoms with Gasteiger partial charge in [-0.3, -0.25) is 0 Å². The van der Waals surface area contributed by atoms with Crippen LogP contribution in [-0.4, -0.2) is 28.2 Å². The molecule has 1 aliphatic rings. The number of nitrogens with zero attached hydrogens (tertiary/aromatic N) is 4. The highest BCUT2D eigenvalue weighted by molar-refractivity contribution is 5.61. The molecule has 27 heavy (non-hydrogen) atoms. The van der Waals surface area contributed by atoms with Crippen LogP contribution in [0, 0.1) is 12.8 Å². The van der Waals surface area contributed by atoms with Gasteiger partial charge in [0.05, 0.1) is 0 Å². The number of aromatic nitrogens is 3. The number of hydrogen-bond donors (Lipinski definition) is 2. The maximum absolute atomic E-state index is 5.05. The predicted octanol–water partition coefficient (Wildman–Crippen LogP) is 4.50. The number of piperidine rings is 1. The SMILES string of the molecule is Cc1cc(Nc2ccnc(Nc3ccc(N4CCC(C)CC4)cc3)n2)no1. The summed E-state index contributed by atoms with van der Waals surface area (Å²) in [5.74, 6) is 3.38.